The Balaban J connectivity index is 2.45. The van der Waals surface area contributed by atoms with Gasteiger partial charge in [0, 0.05) is 44.1 Å². The zero-order chi connectivity index (χ0) is 17.8. The quantitative estimate of drug-likeness (QED) is 0.546. The fourth-order valence-electron chi connectivity index (χ4n) is 2.46. The van der Waals surface area contributed by atoms with Crippen LogP contribution in [0.15, 0.2) is 48.1 Å². The van der Waals surface area contributed by atoms with Crippen molar-refractivity contribution in [2.45, 2.75) is 11.6 Å². The van der Waals surface area contributed by atoms with Gasteiger partial charge >= 0.3 is 0 Å². The molecule has 0 saturated carbocycles. The maximum atomic E-state index is 6.22. The number of rotatable bonds is 6. The first-order chi connectivity index (χ1) is 11.4. The molecule has 0 fully saturated rings. The van der Waals surface area contributed by atoms with E-state index in [1.54, 1.807) is 58.8 Å². The van der Waals surface area contributed by atoms with E-state index in [1.807, 2.05) is 18.2 Å². The molecular weight excluding hydrogens is 351 g/mol. The molecule has 130 valence electrons. The van der Waals surface area contributed by atoms with Crippen molar-refractivity contribution in [2.75, 3.05) is 28.4 Å². The summed E-state index contributed by atoms with van der Waals surface area (Å²) in [5.74, 6) is -2.01. The van der Waals surface area contributed by atoms with Crippen LogP contribution in [-0.2, 0) is 18.9 Å². The highest BCUT2D eigenvalue weighted by atomic mass is 35.5. The van der Waals surface area contributed by atoms with Gasteiger partial charge in [-0.05, 0) is 35.9 Å². The molecule has 0 amide bonds. The Morgan fingerprint density at radius 2 is 1.54 bits per heavy atom. The van der Waals surface area contributed by atoms with Crippen LogP contribution in [0.4, 0.5) is 0 Å². The van der Waals surface area contributed by atoms with Crippen LogP contribution in [0.2, 0.25) is 10.0 Å². The minimum atomic E-state index is -1.03. The first kappa shape index (κ1) is 19.2. The molecule has 0 heterocycles. The van der Waals surface area contributed by atoms with Gasteiger partial charge in [0.25, 0.3) is 0 Å². The topological polar surface area (TPSA) is 36.9 Å². The van der Waals surface area contributed by atoms with Gasteiger partial charge in [-0.15, -0.1) is 0 Å². The van der Waals surface area contributed by atoms with E-state index in [-0.39, 0.29) is 0 Å². The summed E-state index contributed by atoms with van der Waals surface area (Å²) >= 11 is 12.1. The molecule has 6 heteroatoms. The molecule has 0 bridgehead atoms. The lowest BCUT2D eigenvalue weighted by Gasteiger charge is -2.37. The van der Waals surface area contributed by atoms with Gasteiger partial charge in [0.2, 0.25) is 11.6 Å². The van der Waals surface area contributed by atoms with Crippen molar-refractivity contribution >= 4 is 29.3 Å². The van der Waals surface area contributed by atoms with Crippen molar-refractivity contribution < 1.29 is 18.9 Å². The monoisotopic (exact) mass is 370 g/mol. The van der Waals surface area contributed by atoms with Gasteiger partial charge in [-0.2, -0.15) is 0 Å². The van der Waals surface area contributed by atoms with Crippen LogP contribution < -0.4 is 0 Å². The van der Waals surface area contributed by atoms with Gasteiger partial charge in [0.15, 0.2) is 0 Å². The van der Waals surface area contributed by atoms with Gasteiger partial charge in [-0.3, -0.25) is 0 Å². The average molecular weight is 371 g/mol. The third-order valence-corrected chi connectivity index (χ3v) is 4.51. The summed E-state index contributed by atoms with van der Waals surface area (Å²) in [6.45, 7) is 0. The van der Waals surface area contributed by atoms with E-state index in [0.717, 1.165) is 5.56 Å². The van der Waals surface area contributed by atoms with E-state index < -0.39 is 11.6 Å². The van der Waals surface area contributed by atoms with Gasteiger partial charge in [-0.25, -0.2) is 0 Å². The zero-order valence-electron chi connectivity index (χ0n) is 14.0. The zero-order valence-corrected chi connectivity index (χ0v) is 15.5. The fraction of sp³-hybridized carbons (Fsp3) is 0.333. The Hall–Kier alpha value is -1.14. The number of hydrogen-bond acceptors (Lipinski definition) is 4. The second kappa shape index (κ2) is 7.83. The molecule has 0 N–H and O–H groups in total. The first-order valence-corrected chi connectivity index (χ1v) is 7.97. The third kappa shape index (κ3) is 3.75. The summed E-state index contributed by atoms with van der Waals surface area (Å²) in [5, 5.41) is 1.13. The van der Waals surface area contributed by atoms with Crippen LogP contribution in [0, 0.1) is 0 Å². The highest BCUT2D eigenvalue weighted by Gasteiger charge is 2.39. The summed E-state index contributed by atoms with van der Waals surface area (Å²) in [6, 6.07) is 5.30. The molecule has 0 aliphatic heterocycles. The van der Waals surface area contributed by atoms with Gasteiger partial charge < -0.3 is 18.9 Å². The third-order valence-electron chi connectivity index (χ3n) is 3.94. The maximum Gasteiger partial charge on any atom is 0.214 e. The predicted molar refractivity (Wildman–Crippen MR) is 96.2 cm³/mol. The van der Waals surface area contributed by atoms with Crippen molar-refractivity contribution in [3.8, 4) is 0 Å². The molecule has 1 aromatic carbocycles. The SMILES string of the molecule is COC1(OC)C=CC(OC)(OC)C(/C=C/c2ccc(Cl)cc2Cl)=C1. The molecule has 2 rings (SSSR count). The molecule has 24 heavy (non-hydrogen) atoms. The standard InChI is InChI=1S/C18H20Cl2O4/c1-21-17(22-2)9-10-18(23-3,24-4)14(12-17)7-5-13-6-8-15(19)11-16(13)20/h5-12H,1-4H3/b7-5+. The molecule has 0 spiro atoms. The fourth-order valence-corrected chi connectivity index (χ4v) is 2.93. The molecule has 0 unspecified atom stereocenters. The van der Waals surface area contributed by atoms with Crippen LogP contribution in [0.25, 0.3) is 6.08 Å². The van der Waals surface area contributed by atoms with Crippen LogP contribution in [-0.4, -0.2) is 40.0 Å². The van der Waals surface area contributed by atoms with Crippen molar-refractivity contribution in [3.05, 3.63) is 63.7 Å². The number of hydrogen-bond donors (Lipinski definition) is 0. The number of methoxy groups -OCH3 is 4. The Bertz CT molecular complexity index is 672. The molecule has 0 radical (unpaired) electrons. The highest BCUT2D eigenvalue weighted by Crippen LogP contribution is 2.35. The van der Waals surface area contributed by atoms with E-state index >= 15 is 0 Å². The van der Waals surface area contributed by atoms with Gasteiger partial charge in [0.05, 0.1) is 0 Å². The van der Waals surface area contributed by atoms with E-state index in [2.05, 4.69) is 0 Å². The second-order valence-electron chi connectivity index (χ2n) is 5.14. The van der Waals surface area contributed by atoms with E-state index in [0.29, 0.717) is 15.6 Å². The van der Waals surface area contributed by atoms with Crippen LogP contribution in [0.5, 0.6) is 0 Å². The Kier molecular flexibility index (Phi) is 6.26. The van der Waals surface area contributed by atoms with Crippen molar-refractivity contribution in [1.82, 2.24) is 0 Å². The van der Waals surface area contributed by atoms with Gasteiger partial charge in [-0.1, -0.05) is 41.4 Å². The minimum Gasteiger partial charge on any atom is -0.346 e. The molecular formula is C18H20Cl2O4. The number of ether oxygens (including phenoxy) is 4. The second-order valence-corrected chi connectivity index (χ2v) is 5.98. The Morgan fingerprint density at radius 1 is 0.875 bits per heavy atom. The van der Waals surface area contributed by atoms with Gasteiger partial charge in [0.1, 0.15) is 0 Å². The number of benzene rings is 1. The van der Waals surface area contributed by atoms with Crippen LogP contribution in [0.1, 0.15) is 5.56 Å². The lowest BCUT2D eigenvalue weighted by atomic mass is 9.94. The van der Waals surface area contributed by atoms with Crippen molar-refractivity contribution in [2.24, 2.45) is 0 Å². The predicted octanol–water partition coefficient (Wildman–Crippen LogP) is 4.48. The average Bonchev–Trinajstić information content (AvgIpc) is 2.61. The highest BCUT2D eigenvalue weighted by molar-refractivity contribution is 6.35. The summed E-state index contributed by atoms with van der Waals surface area (Å²) in [7, 11) is 6.26. The molecule has 0 aromatic heterocycles. The molecule has 1 aliphatic carbocycles. The maximum absolute atomic E-state index is 6.22. The molecule has 4 nitrogen and oxygen atoms in total. The summed E-state index contributed by atoms with van der Waals surface area (Å²) in [4.78, 5) is 0. The normalized spacial score (nSPS) is 18.8. The van der Waals surface area contributed by atoms with Crippen LogP contribution >= 0.6 is 23.2 Å². The molecule has 1 aromatic rings. The molecule has 1 aliphatic rings. The Labute approximate surface area is 152 Å². The van der Waals surface area contributed by atoms with E-state index in [4.69, 9.17) is 42.1 Å². The van der Waals surface area contributed by atoms with E-state index in [9.17, 15) is 0 Å². The minimum absolute atomic E-state index is 0.552. The van der Waals surface area contributed by atoms with Crippen molar-refractivity contribution in [1.29, 1.82) is 0 Å². The number of halogens is 2. The summed E-state index contributed by atoms with van der Waals surface area (Å²) in [6.07, 6.45) is 8.99. The largest absolute Gasteiger partial charge is 0.346 e. The van der Waals surface area contributed by atoms with Crippen LogP contribution in [0.3, 0.4) is 0 Å². The molecule has 0 atom stereocenters. The smallest absolute Gasteiger partial charge is 0.214 e. The molecule has 0 saturated heterocycles. The lowest BCUT2D eigenvalue weighted by molar-refractivity contribution is -0.164. The summed E-state index contributed by atoms with van der Waals surface area (Å²) < 4.78 is 22.0. The van der Waals surface area contributed by atoms with E-state index in [1.165, 1.54) is 0 Å². The van der Waals surface area contributed by atoms with Crippen molar-refractivity contribution in [3.63, 3.8) is 0 Å². The summed E-state index contributed by atoms with van der Waals surface area (Å²) in [5.41, 5.74) is 1.53. The first-order valence-electron chi connectivity index (χ1n) is 7.21. The lowest BCUT2D eigenvalue weighted by Crippen LogP contribution is -2.41. The Morgan fingerprint density at radius 3 is 2.08 bits per heavy atom.